The van der Waals surface area contributed by atoms with Gasteiger partial charge in [0.15, 0.2) is 10.9 Å². The van der Waals surface area contributed by atoms with Gasteiger partial charge in [0.05, 0.1) is 17.6 Å². The van der Waals surface area contributed by atoms with Gasteiger partial charge < -0.3 is 9.15 Å². The monoisotopic (exact) mass is 483 g/mol. The summed E-state index contributed by atoms with van der Waals surface area (Å²) in [5.41, 5.74) is 2.02. The SMILES string of the molecule is CN(c1ccc(-c2csc(NC(=O)c3ccc(COc4ccccc4)o3)n2)cc1)S(C)(=O)=O. The molecule has 8 nitrogen and oxygen atoms in total. The van der Waals surface area contributed by atoms with Gasteiger partial charge in [0.1, 0.15) is 18.1 Å². The van der Waals surface area contributed by atoms with Crippen molar-refractivity contribution in [1.82, 2.24) is 4.98 Å². The van der Waals surface area contributed by atoms with Crippen LogP contribution < -0.4 is 14.4 Å². The molecule has 0 aliphatic rings. The quantitative estimate of drug-likeness (QED) is 0.392. The molecule has 33 heavy (non-hydrogen) atoms. The molecular formula is C23H21N3O5S2. The number of carbonyl (C=O) groups is 1. The number of nitrogens with one attached hydrogen (secondary N) is 1. The molecule has 0 saturated heterocycles. The van der Waals surface area contributed by atoms with Gasteiger partial charge in [0, 0.05) is 18.0 Å². The van der Waals surface area contributed by atoms with Crippen molar-refractivity contribution in [2.75, 3.05) is 22.9 Å². The van der Waals surface area contributed by atoms with E-state index in [1.54, 1.807) is 36.4 Å². The van der Waals surface area contributed by atoms with Gasteiger partial charge in [-0.05, 0) is 36.4 Å². The minimum atomic E-state index is -3.33. The first-order valence-electron chi connectivity index (χ1n) is 9.87. The van der Waals surface area contributed by atoms with E-state index in [1.807, 2.05) is 35.7 Å². The van der Waals surface area contributed by atoms with Crippen LogP contribution in [0.2, 0.25) is 0 Å². The van der Waals surface area contributed by atoms with Gasteiger partial charge in [0.2, 0.25) is 10.0 Å². The number of furan rings is 1. The molecule has 170 valence electrons. The van der Waals surface area contributed by atoms with Gasteiger partial charge in [-0.2, -0.15) is 0 Å². The molecule has 0 atom stereocenters. The summed E-state index contributed by atoms with van der Waals surface area (Å²) in [5.74, 6) is 0.993. The van der Waals surface area contributed by atoms with E-state index < -0.39 is 15.9 Å². The molecular weight excluding hydrogens is 462 g/mol. The number of amides is 1. The highest BCUT2D eigenvalue weighted by atomic mass is 32.2. The number of aromatic nitrogens is 1. The highest BCUT2D eigenvalue weighted by Crippen LogP contribution is 2.27. The second kappa shape index (κ2) is 9.47. The molecule has 2 aromatic carbocycles. The van der Waals surface area contributed by atoms with E-state index in [0.717, 1.165) is 11.8 Å². The molecule has 0 fully saturated rings. The number of nitrogens with zero attached hydrogens (tertiary/aromatic N) is 2. The number of hydrogen-bond donors (Lipinski definition) is 1. The molecule has 0 radical (unpaired) electrons. The molecule has 4 rings (SSSR count). The largest absolute Gasteiger partial charge is 0.486 e. The number of para-hydroxylation sites is 1. The Bertz CT molecular complexity index is 1350. The lowest BCUT2D eigenvalue weighted by Crippen LogP contribution is -2.24. The van der Waals surface area contributed by atoms with E-state index in [1.165, 1.54) is 22.7 Å². The lowest BCUT2D eigenvalue weighted by Gasteiger charge is -2.16. The van der Waals surface area contributed by atoms with Gasteiger partial charge in [-0.25, -0.2) is 13.4 Å². The Hall–Kier alpha value is -3.63. The standard InChI is InChI=1S/C23H21N3O5S2/c1-26(33(2,28)29)17-10-8-16(9-11-17)20-15-32-23(24-20)25-22(27)21-13-12-19(31-21)14-30-18-6-4-3-5-7-18/h3-13,15H,14H2,1-2H3,(H,24,25,27). The van der Waals surface area contributed by atoms with Crippen LogP contribution in [0.5, 0.6) is 5.75 Å². The maximum atomic E-state index is 12.5. The number of hydrogen-bond acceptors (Lipinski definition) is 7. The Labute approximate surface area is 195 Å². The normalized spacial score (nSPS) is 11.2. The lowest BCUT2D eigenvalue weighted by atomic mass is 10.1. The van der Waals surface area contributed by atoms with Crippen molar-refractivity contribution in [1.29, 1.82) is 0 Å². The Morgan fingerprint density at radius 1 is 1.09 bits per heavy atom. The second-order valence-corrected chi connectivity index (χ2v) is 10.0. The van der Waals surface area contributed by atoms with Crippen LogP contribution in [-0.4, -0.2) is 32.6 Å². The van der Waals surface area contributed by atoms with Crippen molar-refractivity contribution in [3.05, 3.63) is 83.6 Å². The number of ether oxygens (including phenoxy) is 1. The van der Waals surface area contributed by atoms with Gasteiger partial charge in [-0.15, -0.1) is 11.3 Å². The highest BCUT2D eigenvalue weighted by molar-refractivity contribution is 7.92. The van der Waals surface area contributed by atoms with Crippen LogP contribution >= 0.6 is 11.3 Å². The molecule has 1 N–H and O–H groups in total. The predicted octanol–water partition coefficient (Wildman–Crippen LogP) is 4.63. The number of benzene rings is 2. The van der Waals surface area contributed by atoms with Crippen molar-refractivity contribution in [2.45, 2.75) is 6.61 Å². The summed E-state index contributed by atoms with van der Waals surface area (Å²) in [7, 11) is -1.84. The van der Waals surface area contributed by atoms with Gasteiger partial charge in [0.25, 0.3) is 5.91 Å². The minimum Gasteiger partial charge on any atom is -0.486 e. The van der Waals surface area contributed by atoms with Crippen LogP contribution in [0.1, 0.15) is 16.3 Å². The molecule has 2 aromatic heterocycles. The van der Waals surface area contributed by atoms with Crippen LogP contribution in [0.4, 0.5) is 10.8 Å². The molecule has 0 saturated carbocycles. The minimum absolute atomic E-state index is 0.159. The van der Waals surface area contributed by atoms with Gasteiger partial charge >= 0.3 is 0 Å². The average molecular weight is 484 g/mol. The fourth-order valence-corrected chi connectivity index (χ4v) is 4.12. The molecule has 4 aromatic rings. The molecule has 10 heteroatoms. The summed E-state index contributed by atoms with van der Waals surface area (Å²) >= 11 is 1.28. The highest BCUT2D eigenvalue weighted by Gasteiger charge is 2.15. The molecule has 2 heterocycles. The summed E-state index contributed by atoms with van der Waals surface area (Å²) in [4.78, 5) is 17.0. The maximum Gasteiger partial charge on any atom is 0.293 e. The van der Waals surface area contributed by atoms with E-state index in [-0.39, 0.29) is 12.4 Å². The second-order valence-electron chi connectivity index (χ2n) is 7.14. The maximum absolute atomic E-state index is 12.5. The number of anilines is 2. The Kier molecular flexibility index (Phi) is 6.47. The van der Waals surface area contributed by atoms with E-state index in [0.29, 0.717) is 28.0 Å². The lowest BCUT2D eigenvalue weighted by molar-refractivity contribution is 0.0992. The smallest absolute Gasteiger partial charge is 0.293 e. The summed E-state index contributed by atoms with van der Waals surface area (Å²) < 4.78 is 35.8. The third kappa shape index (κ3) is 5.60. The Morgan fingerprint density at radius 3 is 2.52 bits per heavy atom. The topological polar surface area (TPSA) is 102 Å². The molecule has 0 aliphatic heterocycles. The first-order valence-corrected chi connectivity index (χ1v) is 12.6. The Balaban J connectivity index is 1.37. The van der Waals surface area contributed by atoms with Crippen molar-refractivity contribution in [3.8, 4) is 17.0 Å². The first-order chi connectivity index (χ1) is 15.8. The summed E-state index contributed by atoms with van der Waals surface area (Å²) in [6, 6.07) is 19.6. The molecule has 0 spiro atoms. The first kappa shape index (κ1) is 22.6. The molecule has 0 bridgehead atoms. The molecule has 0 aliphatic carbocycles. The van der Waals surface area contributed by atoms with Crippen LogP contribution in [-0.2, 0) is 16.6 Å². The average Bonchev–Trinajstić information content (AvgIpc) is 3.47. The van der Waals surface area contributed by atoms with Crippen LogP contribution in [0.3, 0.4) is 0 Å². The van der Waals surface area contributed by atoms with Crippen molar-refractivity contribution in [2.24, 2.45) is 0 Å². The summed E-state index contributed by atoms with van der Waals surface area (Å²) in [5, 5.41) is 4.97. The number of carbonyl (C=O) groups excluding carboxylic acids is 1. The van der Waals surface area contributed by atoms with Gasteiger partial charge in [-0.1, -0.05) is 30.3 Å². The fraction of sp³-hybridized carbons (Fsp3) is 0.130. The van der Waals surface area contributed by atoms with Crippen molar-refractivity contribution < 1.29 is 22.4 Å². The van der Waals surface area contributed by atoms with Crippen LogP contribution in [0.25, 0.3) is 11.3 Å². The third-order valence-corrected chi connectivity index (χ3v) is 6.72. The summed E-state index contributed by atoms with van der Waals surface area (Å²) in [6.07, 6.45) is 1.15. The van der Waals surface area contributed by atoms with Crippen molar-refractivity contribution >= 4 is 38.1 Å². The number of rotatable bonds is 8. The zero-order valence-corrected chi connectivity index (χ0v) is 19.5. The van der Waals surface area contributed by atoms with E-state index in [2.05, 4.69) is 10.3 Å². The Morgan fingerprint density at radius 2 is 1.82 bits per heavy atom. The predicted molar refractivity (Wildman–Crippen MR) is 128 cm³/mol. The fourth-order valence-electron chi connectivity index (χ4n) is 2.90. The van der Waals surface area contributed by atoms with Crippen LogP contribution in [0.15, 0.2) is 76.5 Å². The summed E-state index contributed by atoms with van der Waals surface area (Å²) in [6.45, 7) is 0.212. The number of sulfonamides is 1. The van der Waals surface area contributed by atoms with Gasteiger partial charge in [-0.3, -0.25) is 14.4 Å². The van der Waals surface area contributed by atoms with E-state index >= 15 is 0 Å². The zero-order valence-electron chi connectivity index (χ0n) is 17.9. The van der Waals surface area contributed by atoms with Crippen molar-refractivity contribution in [3.63, 3.8) is 0 Å². The van der Waals surface area contributed by atoms with E-state index in [4.69, 9.17) is 9.15 Å². The van der Waals surface area contributed by atoms with E-state index in [9.17, 15) is 13.2 Å². The number of thiazole rings is 1. The third-order valence-electron chi connectivity index (χ3n) is 4.76. The molecule has 1 amide bonds. The van der Waals surface area contributed by atoms with Crippen LogP contribution in [0, 0.1) is 0 Å². The molecule has 0 unspecified atom stereocenters. The zero-order chi connectivity index (χ0) is 23.4.